The van der Waals surface area contributed by atoms with Crippen molar-refractivity contribution in [2.45, 2.75) is 18.6 Å². The van der Waals surface area contributed by atoms with Crippen LogP contribution in [0.3, 0.4) is 0 Å². The van der Waals surface area contributed by atoms with Crippen LogP contribution in [-0.4, -0.2) is 37.7 Å². The molecule has 0 fully saturated rings. The number of aryl methyl sites for hydroxylation is 1. The summed E-state index contributed by atoms with van der Waals surface area (Å²) in [6, 6.07) is 3.63. The van der Waals surface area contributed by atoms with Crippen LogP contribution in [0.25, 0.3) is 0 Å². The molecule has 106 valence electrons. The molecule has 1 N–H and O–H groups in total. The first-order valence-electron chi connectivity index (χ1n) is 5.78. The summed E-state index contributed by atoms with van der Waals surface area (Å²) < 4.78 is 1.52. The van der Waals surface area contributed by atoms with Crippen molar-refractivity contribution in [3.63, 3.8) is 0 Å². The van der Waals surface area contributed by atoms with E-state index in [4.69, 9.17) is 0 Å². The standard InChI is InChI=1S/C11H13N5O2S2/c1-7(17)12-5-8-3-4-10(20-8)9(18)6-19-11-13-14-15-16(11)2/h3-4H,5-6H2,1-2H3,(H,12,17). The number of aromatic nitrogens is 4. The van der Waals surface area contributed by atoms with Crippen molar-refractivity contribution in [2.24, 2.45) is 7.05 Å². The molecule has 20 heavy (non-hydrogen) atoms. The highest BCUT2D eigenvalue weighted by Crippen LogP contribution is 2.20. The van der Waals surface area contributed by atoms with Crippen molar-refractivity contribution >= 4 is 34.8 Å². The number of thioether (sulfide) groups is 1. The smallest absolute Gasteiger partial charge is 0.217 e. The van der Waals surface area contributed by atoms with Crippen molar-refractivity contribution < 1.29 is 9.59 Å². The molecule has 2 aromatic rings. The summed E-state index contributed by atoms with van der Waals surface area (Å²) in [6.45, 7) is 1.92. The fourth-order valence-corrected chi connectivity index (χ4v) is 3.09. The van der Waals surface area contributed by atoms with E-state index < -0.39 is 0 Å². The van der Waals surface area contributed by atoms with Crippen LogP contribution in [0.4, 0.5) is 0 Å². The second kappa shape index (κ2) is 6.62. The largest absolute Gasteiger partial charge is 0.351 e. The van der Waals surface area contributed by atoms with Crippen molar-refractivity contribution in [3.05, 3.63) is 21.9 Å². The van der Waals surface area contributed by atoms with E-state index in [0.717, 1.165) is 4.88 Å². The first-order chi connectivity index (χ1) is 9.56. The maximum atomic E-state index is 12.0. The highest BCUT2D eigenvalue weighted by atomic mass is 32.2. The first kappa shape index (κ1) is 14.7. The van der Waals surface area contributed by atoms with Gasteiger partial charge in [0.2, 0.25) is 11.1 Å². The van der Waals surface area contributed by atoms with Crippen LogP contribution in [0, 0.1) is 0 Å². The van der Waals surface area contributed by atoms with E-state index >= 15 is 0 Å². The lowest BCUT2D eigenvalue weighted by Gasteiger charge is -1.98. The lowest BCUT2D eigenvalue weighted by atomic mass is 10.3. The van der Waals surface area contributed by atoms with Gasteiger partial charge in [-0.1, -0.05) is 11.8 Å². The van der Waals surface area contributed by atoms with E-state index in [0.29, 0.717) is 16.6 Å². The lowest BCUT2D eigenvalue weighted by molar-refractivity contribution is -0.119. The Kier molecular flexibility index (Phi) is 4.85. The van der Waals surface area contributed by atoms with E-state index in [-0.39, 0.29) is 17.4 Å². The Morgan fingerprint density at radius 2 is 2.25 bits per heavy atom. The average molecular weight is 311 g/mol. The normalized spacial score (nSPS) is 10.5. The number of carbonyl (C=O) groups is 2. The number of nitrogens with zero attached hydrogens (tertiary/aromatic N) is 4. The predicted octanol–water partition coefficient (Wildman–Crippen LogP) is 0.883. The van der Waals surface area contributed by atoms with Gasteiger partial charge in [0.25, 0.3) is 0 Å². The summed E-state index contributed by atoms with van der Waals surface area (Å²) in [5.74, 6) is 0.225. The molecule has 2 heterocycles. The molecule has 1 amide bonds. The van der Waals surface area contributed by atoms with Gasteiger partial charge in [-0.25, -0.2) is 4.68 Å². The number of amides is 1. The van der Waals surface area contributed by atoms with Gasteiger partial charge in [-0.2, -0.15) is 0 Å². The van der Waals surface area contributed by atoms with Gasteiger partial charge in [0.05, 0.1) is 17.2 Å². The quantitative estimate of drug-likeness (QED) is 0.629. The van der Waals surface area contributed by atoms with Crippen LogP contribution in [0.2, 0.25) is 0 Å². The molecule has 0 unspecified atom stereocenters. The average Bonchev–Trinajstić information content (AvgIpc) is 3.02. The SMILES string of the molecule is CC(=O)NCc1ccc(C(=O)CSc2nnnn2C)s1. The van der Waals surface area contributed by atoms with Crippen molar-refractivity contribution in [2.75, 3.05) is 5.75 Å². The molecular weight excluding hydrogens is 298 g/mol. The van der Waals surface area contributed by atoms with Crippen LogP contribution in [0.15, 0.2) is 17.3 Å². The van der Waals surface area contributed by atoms with Crippen molar-refractivity contribution in [1.82, 2.24) is 25.5 Å². The van der Waals surface area contributed by atoms with Crippen LogP contribution in [-0.2, 0) is 18.4 Å². The molecule has 0 aromatic carbocycles. The van der Waals surface area contributed by atoms with Gasteiger partial charge in [-0.15, -0.1) is 16.4 Å². The lowest BCUT2D eigenvalue weighted by Crippen LogP contribution is -2.18. The highest BCUT2D eigenvalue weighted by Gasteiger charge is 2.12. The van der Waals surface area contributed by atoms with Crippen molar-refractivity contribution in [1.29, 1.82) is 0 Å². The van der Waals surface area contributed by atoms with Gasteiger partial charge in [0.1, 0.15) is 0 Å². The topological polar surface area (TPSA) is 89.8 Å². The van der Waals surface area contributed by atoms with Gasteiger partial charge in [0, 0.05) is 18.8 Å². The minimum Gasteiger partial charge on any atom is -0.351 e. The van der Waals surface area contributed by atoms with Gasteiger partial charge < -0.3 is 5.32 Å². The molecule has 7 nitrogen and oxygen atoms in total. The fraction of sp³-hybridized carbons (Fsp3) is 0.364. The fourth-order valence-electron chi connectivity index (χ4n) is 1.38. The monoisotopic (exact) mass is 311 g/mol. The predicted molar refractivity (Wildman–Crippen MR) is 75.7 cm³/mol. The first-order valence-corrected chi connectivity index (χ1v) is 7.58. The van der Waals surface area contributed by atoms with Gasteiger partial charge >= 0.3 is 0 Å². The number of rotatable bonds is 6. The number of hydrogen-bond donors (Lipinski definition) is 1. The molecule has 2 rings (SSSR count). The van der Waals surface area contributed by atoms with Crippen LogP contribution in [0.1, 0.15) is 21.5 Å². The van der Waals surface area contributed by atoms with E-state index in [1.165, 1.54) is 34.7 Å². The third kappa shape index (κ3) is 3.87. The summed E-state index contributed by atoms with van der Waals surface area (Å²) in [7, 11) is 1.73. The summed E-state index contributed by atoms with van der Waals surface area (Å²) >= 11 is 2.69. The van der Waals surface area contributed by atoms with Crippen LogP contribution in [0.5, 0.6) is 0 Å². The summed E-state index contributed by atoms with van der Waals surface area (Å²) in [5.41, 5.74) is 0. The number of ketones is 1. The van der Waals surface area contributed by atoms with E-state index in [1.54, 1.807) is 13.1 Å². The minimum absolute atomic E-state index is 0.0251. The number of tetrazole rings is 1. The number of thiophene rings is 1. The van der Waals surface area contributed by atoms with E-state index in [1.807, 2.05) is 6.07 Å². The van der Waals surface area contributed by atoms with Gasteiger partial charge in [-0.05, 0) is 22.6 Å². The zero-order chi connectivity index (χ0) is 14.5. The molecule has 0 saturated heterocycles. The Morgan fingerprint density at radius 3 is 2.90 bits per heavy atom. The highest BCUT2D eigenvalue weighted by molar-refractivity contribution is 7.99. The molecule has 0 aliphatic rings. The molecule has 0 aliphatic heterocycles. The van der Waals surface area contributed by atoms with Gasteiger partial charge in [0.15, 0.2) is 5.78 Å². The summed E-state index contributed by atoms with van der Waals surface area (Å²) in [4.78, 5) is 24.5. The maximum Gasteiger partial charge on any atom is 0.217 e. The molecule has 0 bridgehead atoms. The zero-order valence-electron chi connectivity index (χ0n) is 11.0. The minimum atomic E-state index is -0.0865. The third-order valence-electron chi connectivity index (χ3n) is 2.36. The number of carbonyl (C=O) groups excluding carboxylic acids is 2. The molecule has 0 atom stereocenters. The van der Waals surface area contributed by atoms with Gasteiger partial charge in [-0.3, -0.25) is 9.59 Å². The Morgan fingerprint density at radius 1 is 1.45 bits per heavy atom. The molecule has 9 heteroatoms. The molecule has 2 aromatic heterocycles. The number of nitrogens with one attached hydrogen (secondary N) is 1. The zero-order valence-corrected chi connectivity index (χ0v) is 12.6. The van der Waals surface area contributed by atoms with Crippen molar-refractivity contribution in [3.8, 4) is 0 Å². The summed E-state index contributed by atoms with van der Waals surface area (Å²) in [5, 5.41) is 14.3. The second-order valence-corrected chi connectivity index (χ2v) is 6.08. The van der Waals surface area contributed by atoms with Crippen LogP contribution >= 0.6 is 23.1 Å². The van der Waals surface area contributed by atoms with E-state index in [9.17, 15) is 9.59 Å². The third-order valence-corrected chi connectivity index (χ3v) is 4.50. The molecule has 0 saturated carbocycles. The Hall–Kier alpha value is -1.74. The molecular formula is C11H13N5O2S2. The Labute approximate surface area is 123 Å². The number of hydrogen-bond acceptors (Lipinski definition) is 7. The molecule has 0 aliphatic carbocycles. The Bertz CT molecular complexity index is 622. The van der Waals surface area contributed by atoms with E-state index in [2.05, 4.69) is 20.8 Å². The van der Waals surface area contributed by atoms with Crippen LogP contribution < -0.4 is 5.32 Å². The molecule has 0 spiro atoms. The summed E-state index contributed by atoms with van der Waals surface area (Å²) in [6.07, 6.45) is 0. The maximum absolute atomic E-state index is 12.0. The number of Topliss-reactive ketones (excluding diaryl/α,β-unsaturated/α-hetero) is 1. The molecule has 0 radical (unpaired) electrons. The Balaban J connectivity index is 1.89. The second-order valence-electron chi connectivity index (χ2n) is 3.97.